The molecule has 0 spiro atoms. The first-order chi connectivity index (χ1) is 23.7. The van der Waals surface area contributed by atoms with Crippen molar-refractivity contribution >= 4 is 32.9 Å². The Morgan fingerprint density at radius 3 is 2.20 bits per heavy atom. The van der Waals surface area contributed by atoms with Gasteiger partial charge in [-0.05, 0) is 112 Å². The van der Waals surface area contributed by atoms with Crippen LogP contribution >= 0.6 is 0 Å². The number of fused-ring (bicyclic) bond motifs is 3. The number of aromatic nitrogens is 2. The van der Waals surface area contributed by atoms with E-state index in [1.807, 2.05) is 11.8 Å². The number of hydrogen-bond acceptors (Lipinski definition) is 6. The highest BCUT2D eigenvalue weighted by Crippen LogP contribution is 2.45. The molecule has 49 heavy (non-hydrogen) atoms. The number of amides is 2. The van der Waals surface area contributed by atoms with E-state index >= 15 is 0 Å². The SMILES string of the molecule is CCCC(=O)NS(=O)(=O)c1ccc(C(=O)N2CCC(CCN3C4CC[C@@H]3CC(n3c(C)nc5ccccc53)C4)(c3ccccc3)CC2)cc1. The van der Waals surface area contributed by atoms with Gasteiger partial charge >= 0.3 is 0 Å². The lowest BCUT2D eigenvalue weighted by atomic mass is 9.70. The summed E-state index contributed by atoms with van der Waals surface area (Å²) >= 11 is 0. The predicted octanol–water partition coefficient (Wildman–Crippen LogP) is 6.38. The Bertz CT molecular complexity index is 1900. The third-order valence-corrected chi connectivity index (χ3v) is 12.8. The number of nitrogens with zero attached hydrogens (tertiary/aromatic N) is 4. The van der Waals surface area contributed by atoms with Gasteiger partial charge in [0.2, 0.25) is 5.91 Å². The number of carbonyl (C=O) groups is 2. The fourth-order valence-corrected chi connectivity index (χ4v) is 9.86. The standard InChI is InChI=1S/C39H47N5O4S/c1-3-9-37(45)41-49(47,48)34-18-14-29(15-19-34)38(46)42-23-20-39(21-24-42,30-10-5-4-6-11-30)22-25-43-31-16-17-32(43)27-33(26-31)44-28(2)40-35-12-7-8-13-36(35)44/h4-8,10-15,18-19,31-33H,3,9,16-17,20-27H2,1-2H3,(H,41,45)/t31-,32?,33?/m1/s1. The number of hydrogen-bond donors (Lipinski definition) is 1. The van der Waals surface area contributed by atoms with Crippen LogP contribution in [0.4, 0.5) is 0 Å². The van der Waals surface area contributed by atoms with Gasteiger partial charge in [0.05, 0.1) is 15.9 Å². The minimum absolute atomic E-state index is 0.0138. The maximum atomic E-state index is 13.6. The summed E-state index contributed by atoms with van der Waals surface area (Å²) in [6, 6.07) is 26.9. The number of aryl methyl sites for hydroxylation is 1. The molecule has 258 valence electrons. The van der Waals surface area contributed by atoms with Crippen molar-refractivity contribution in [3.63, 3.8) is 0 Å². The van der Waals surface area contributed by atoms with Crippen LogP contribution in [0.25, 0.3) is 11.0 Å². The highest BCUT2D eigenvalue weighted by molar-refractivity contribution is 7.90. The number of para-hydroxylation sites is 2. The second-order valence-electron chi connectivity index (χ2n) is 14.3. The molecule has 10 heteroatoms. The smallest absolute Gasteiger partial charge is 0.264 e. The highest BCUT2D eigenvalue weighted by atomic mass is 32.2. The normalized spacial score (nSPS) is 22.3. The van der Waals surface area contributed by atoms with Crippen LogP contribution in [0.1, 0.15) is 92.5 Å². The molecular weight excluding hydrogens is 635 g/mol. The van der Waals surface area contributed by atoms with Gasteiger partial charge in [0.15, 0.2) is 0 Å². The topological polar surface area (TPSA) is 105 Å². The first kappa shape index (κ1) is 33.5. The number of rotatable bonds is 10. The molecule has 1 aromatic heterocycles. The van der Waals surface area contributed by atoms with E-state index in [0.717, 1.165) is 50.0 Å². The fraction of sp³-hybridized carbons (Fsp3) is 0.462. The van der Waals surface area contributed by atoms with Gasteiger partial charge in [-0.2, -0.15) is 0 Å². The van der Waals surface area contributed by atoms with Crippen LogP contribution in [0.5, 0.6) is 0 Å². The van der Waals surface area contributed by atoms with Gasteiger partial charge in [0, 0.05) is 43.2 Å². The summed E-state index contributed by atoms with van der Waals surface area (Å²) in [6.45, 7) is 6.30. The van der Waals surface area contributed by atoms with Crippen molar-refractivity contribution in [3.8, 4) is 0 Å². The summed E-state index contributed by atoms with van der Waals surface area (Å²) < 4.78 is 29.8. The number of carbonyl (C=O) groups excluding carboxylic acids is 2. The van der Waals surface area contributed by atoms with Crippen LogP contribution < -0.4 is 4.72 Å². The van der Waals surface area contributed by atoms with E-state index < -0.39 is 15.9 Å². The van der Waals surface area contributed by atoms with Crippen molar-refractivity contribution in [1.29, 1.82) is 0 Å². The quantitative estimate of drug-likeness (QED) is 0.208. The lowest BCUT2D eigenvalue weighted by molar-refractivity contribution is -0.119. The van der Waals surface area contributed by atoms with Gasteiger partial charge in [-0.1, -0.05) is 49.4 Å². The van der Waals surface area contributed by atoms with Gasteiger partial charge in [0.1, 0.15) is 5.82 Å². The zero-order chi connectivity index (χ0) is 34.2. The predicted molar refractivity (Wildman–Crippen MR) is 191 cm³/mol. The van der Waals surface area contributed by atoms with Gasteiger partial charge in [-0.15, -0.1) is 0 Å². The van der Waals surface area contributed by atoms with E-state index in [1.165, 1.54) is 36.1 Å². The van der Waals surface area contributed by atoms with E-state index in [4.69, 9.17) is 4.98 Å². The second-order valence-corrected chi connectivity index (χ2v) is 15.9. The zero-order valence-corrected chi connectivity index (χ0v) is 29.4. The van der Waals surface area contributed by atoms with Crippen molar-refractivity contribution < 1.29 is 18.0 Å². The summed E-state index contributed by atoms with van der Waals surface area (Å²) in [5.74, 6) is 0.483. The number of sulfonamides is 1. The molecule has 7 rings (SSSR count). The van der Waals surface area contributed by atoms with Crippen LogP contribution in [0, 0.1) is 6.92 Å². The van der Waals surface area contributed by atoms with E-state index in [9.17, 15) is 18.0 Å². The van der Waals surface area contributed by atoms with Crippen molar-refractivity contribution in [1.82, 2.24) is 24.1 Å². The third-order valence-electron chi connectivity index (χ3n) is 11.4. The lowest BCUT2D eigenvalue weighted by Gasteiger charge is -2.45. The Morgan fingerprint density at radius 1 is 0.878 bits per heavy atom. The fourth-order valence-electron chi connectivity index (χ4n) is 8.85. The Kier molecular flexibility index (Phi) is 9.37. The molecule has 3 aromatic carbocycles. The maximum absolute atomic E-state index is 13.6. The molecule has 1 N–H and O–H groups in total. The molecule has 3 aliphatic rings. The maximum Gasteiger partial charge on any atom is 0.264 e. The molecule has 9 nitrogen and oxygen atoms in total. The number of piperidine rings is 2. The Morgan fingerprint density at radius 2 is 1.53 bits per heavy atom. The van der Waals surface area contributed by atoms with Gasteiger partial charge < -0.3 is 9.47 Å². The molecular formula is C39H47N5O4S. The summed E-state index contributed by atoms with van der Waals surface area (Å²) in [6.07, 6.45) is 8.32. The van der Waals surface area contributed by atoms with Crippen LogP contribution in [0.2, 0.25) is 0 Å². The summed E-state index contributed by atoms with van der Waals surface area (Å²) in [5.41, 5.74) is 4.12. The molecule has 3 aliphatic heterocycles. The number of imidazole rings is 1. The Hall–Kier alpha value is -4.02. The van der Waals surface area contributed by atoms with Gasteiger partial charge in [0.25, 0.3) is 15.9 Å². The number of benzene rings is 3. The molecule has 4 heterocycles. The number of nitrogens with one attached hydrogen (secondary N) is 1. The minimum atomic E-state index is -3.97. The molecule has 2 bridgehead atoms. The Labute approximate surface area is 289 Å². The van der Waals surface area contributed by atoms with Crippen LogP contribution in [0.15, 0.2) is 83.8 Å². The lowest BCUT2D eigenvalue weighted by Crippen LogP contribution is -2.49. The monoisotopic (exact) mass is 681 g/mol. The van der Waals surface area contributed by atoms with Crippen molar-refractivity contribution in [2.45, 2.75) is 100 Å². The summed E-state index contributed by atoms with van der Waals surface area (Å²) in [5, 5.41) is 0. The van der Waals surface area contributed by atoms with Crippen LogP contribution in [-0.2, 0) is 20.2 Å². The molecule has 2 amide bonds. The van der Waals surface area contributed by atoms with Crippen molar-refractivity contribution in [2.75, 3.05) is 19.6 Å². The zero-order valence-electron chi connectivity index (χ0n) is 28.6. The van der Waals surface area contributed by atoms with Crippen molar-refractivity contribution in [3.05, 3.63) is 95.8 Å². The van der Waals surface area contributed by atoms with E-state index in [1.54, 1.807) is 12.1 Å². The molecule has 0 aliphatic carbocycles. The van der Waals surface area contributed by atoms with E-state index in [0.29, 0.717) is 43.2 Å². The van der Waals surface area contributed by atoms with Gasteiger partial charge in [-0.25, -0.2) is 18.1 Å². The largest absolute Gasteiger partial charge is 0.339 e. The summed E-state index contributed by atoms with van der Waals surface area (Å²) in [4.78, 5) is 35.0. The second kappa shape index (κ2) is 13.7. The molecule has 3 saturated heterocycles. The minimum Gasteiger partial charge on any atom is -0.339 e. The number of likely N-dealkylation sites (tertiary alicyclic amines) is 1. The molecule has 2 unspecified atom stereocenters. The van der Waals surface area contributed by atoms with Crippen molar-refractivity contribution in [2.24, 2.45) is 0 Å². The highest BCUT2D eigenvalue weighted by Gasteiger charge is 2.44. The van der Waals surface area contributed by atoms with Gasteiger partial charge in [-0.3, -0.25) is 14.5 Å². The molecule has 0 radical (unpaired) electrons. The molecule has 4 aromatic rings. The molecule has 0 saturated carbocycles. The van der Waals surface area contributed by atoms with Crippen LogP contribution in [0.3, 0.4) is 0 Å². The third kappa shape index (κ3) is 6.65. The van der Waals surface area contributed by atoms with E-state index in [2.05, 4.69) is 75.7 Å². The summed E-state index contributed by atoms with van der Waals surface area (Å²) in [7, 11) is -3.97. The first-order valence-corrected chi connectivity index (χ1v) is 19.4. The average Bonchev–Trinajstić information content (AvgIpc) is 3.57. The average molecular weight is 682 g/mol. The van der Waals surface area contributed by atoms with E-state index in [-0.39, 0.29) is 22.6 Å². The molecule has 3 fully saturated rings. The first-order valence-electron chi connectivity index (χ1n) is 17.9. The molecule has 3 atom stereocenters. The van der Waals surface area contributed by atoms with Crippen LogP contribution in [-0.4, -0.2) is 71.3 Å². The Balaban J connectivity index is 1.02.